The number of rotatable bonds is 3. The molecule has 0 spiro atoms. The van der Waals surface area contributed by atoms with Crippen LogP contribution in [0.4, 0.5) is 0 Å². The lowest BCUT2D eigenvalue weighted by Gasteiger charge is -2.06. The first kappa shape index (κ1) is 10.8. The fourth-order valence-corrected chi connectivity index (χ4v) is 1.41. The molecule has 0 aliphatic carbocycles. The summed E-state index contributed by atoms with van der Waals surface area (Å²) in [7, 11) is 1.88. The van der Waals surface area contributed by atoms with Gasteiger partial charge in [-0.15, -0.1) is 0 Å². The van der Waals surface area contributed by atoms with E-state index >= 15 is 0 Å². The second-order valence-electron chi connectivity index (χ2n) is 4.05. The minimum atomic E-state index is -0.399. The van der Waals surface area contributed by atoms with Crippen LogP contribution in [0.15, 0.2) is 17.0 Å². The number of aromatic nitrogens is 4. The van der Waals surface area contributed by atoms with Crippen molar-refractivity contribution in [3.63, 3.8) is 0 Å². The standard InChI is InChI=1S/C10H15N5O/c1-6(2)10-13-9(14-16-10)8(11)7-4-12-5-15(7)3/h4-6,8H,11H2,1-3H3. The van der Waals surface area contributed by atoms with Gasteiger partial charge in [-0.3, -0.25) is 0 Å². The van der Waals surface area contributed by atoms with E-state index in [0.29, 0.717) is 11.7 Å². The summed E-state index contributed by atoms with van der Waals surface area (Å²) in [5, 5.41) is 3.88. The zero-order valence-electron chi connectivity index (χ0n) is 9.58. The zero-order valence-corrected chi connectivity index (χ0v) is 9.58. The molecule has 86 valence electrons. The van der Waals surface area contributed by atoms with Gasteiger partial charge >= 0.3 is 0 Å². The number of hydrogen-bond acceptors (Lipinski definition) is 5. The molecule has 0 radical (unpaired) electrons. The van der Waals surface area contributed by atoms with Crippen LogP contribution >= 0.6 is 0 Å². The van der Waals surface area contributed by atoms with Crippen LogP contribution in [0, 0.1) is 0 Å². The Morgan fingerprint density at radius 1 is 1.44 bits per heavy atom. The van der Waals surface area contributed by atoms with Crippen molar-refractivity contribution in [2.24, 2.45) is 12.8 Å². The Morgan fingerprint density at radius 2 is 2.19 bits per heavy atom. The molecule has 0 fully saturated rings. The van der Waals surface area contributed by atoms with Gasteiger partial charge in [0.05, 0.1) is 18.2 Å². The Hall–Kier alpha value is -1.69. The van der Waals surface area contributed by atoms with E-state index < -0.39 is 6.04 Å². The molecule has 2 heterocycles. The van der Waals surface area contributed by atoms with E-state index in [0.717, 1.165) is 5.69 Å². The number of hydrogen-bond donors (Lipinski definition) is 1. The highest BCUT2D eigenvalue weighted by Gasteiger charge is 2.19. The molecule has 6 nitrogen and oxygen atoms in total. The van der Waals surface area contributed by atoms with Crippen molar-refractivity contribution in [1.82, 2.24) is 19.7 Å². The average Bonchev–Trinajstić information content (AvgIpc) is 2.84. The number of imidazole rings is 1. The van der Waals surface area contributed by atoms with Crippen molar-refractivity contribution in [2.45, 2.75) is 25.8 Å². The van der Waals surface area contributed by atoms with Gasteiger partial charge in [-0.1, -0.05) is 19.0 Å². The van der Waals surface area contributed by atoms with Gasteiger partial charge in [0.15, 0.2) is 5.82 Å². The monoisotopic (exact) mass is 221 g/mol. The molecule has 0 bridgehead atoms. The van der Waals surface area contributed by atoms with Gasteiger partial charge in [0, 0.05) is 13.0 Å². The van der Waals surface area contributed by atoms with Gasteiger partial charge in [0.2, 0.25) is 5.89 Å². The van der Waals surface area contributed by atoms with Gasteiger partial charge in [0.1, 0.15) is 6.04 Å². The van der Waals surface area contributed by atoms with Gasteiger partial charge in [0.25, 0.3) is 0 Å². The van der Waals surface area contributed by atoms with Crippen LogP contribution in [-0.2, 0) is 7.05 Å². The van der Waals surface area contributed by atoms with Gasteiger partial charge in [-0.2, -0.15) is 4.98 Å². The third-order valence-electron chi connectivity index (χ3n) is 2.40. The molecule has 1 unspecified atom stereocenters. The summed E-state index contributed by atoms with van der Waals surface area (Å²) in [4.78, 5) is 8.27. The SMILES string of the molecule is CC(C)c1nc(C(N)c2cncn2C)no1. The second-order valence-corrected chi connectivity index (χ2v) is 4.05. The topological polar surface area (TPSA) is 82.8 Å². The van der Waals surface area contributed by atoms with Crippen molar-refractivity contribution in [3.05, 3.63) is 29.9 Å². The second kappa shape index (κ2) is 4.05. The molecule has 0 saturated heterocycles. The molecule has 2 aromatic rings. The summed E-state index contributed by atoms with van der Waals surface area (Å²) in [6.45, 7) is 3.99. The average molecular weight is 221 g/mol. The van der Waals surface area contributed by atoms with Crippen LogP contribution in [0.1, 0.15) is 43.2 Å². The maximum atomic E-state index is 6.03. The van der Waals surface area contributed by atoms with Crippen molar-refractivity contribution < 1.29 is 4.52 Å². The number of aryl methyl sites for hydroxylation is 1. The molecule has 0 aliphatic rings. The lowest BCUT2D eigenvalue weighted by Crippen LogP contribution is -2.16. The Bertz CT molecular complexity index is 473. The Balaban J connectivity index is 2.27. The maximum Gasteiger partial charge on any atom is 0.229 e. The van der Waals surface area contributed by atoms with E-state index in [1.54, 1.807) is 12.5 Å². The molecular formula is C10H15N5O. The highest BCUT2D eigenvalue weighted by Crippen LogP contribution is 2.18. The van der Waals surface area contributed by atoms with E-state index in [4.69, 9.17) is 10.3 Å². The first-order valence-electron chi connectivity index (χ1n) is 5.15. The quantitative estimate of drug-likeness (QED) is 0.835. The van der Waals surface area contributed by atoms with E-state index in [9.17, 15) is 0 Å². The van der Waals surface area contributed by atoms with E-state index in [-0.39, 0.29) is 5.92 Å². The minimum Gasteiger partial charge on any atom is -0.339 e. The van der Waals surface area contributed by atoms with Crippen molar-refractivity contribution in [3.8, 4) is 0 Å². The predicted octanol–water partition coefficient (Wildman–Crippen LogP) is 0.975. The van der Waals surface area contributed by atoms with Crippen LogP contribution in [0.5, 0.6) is 0 Å². The van der Waals surface area contributed by atoms with Crippen LogP contribution in [0.2, 0.25) is 0 Å². The largest absolute Gasteiger partial charge is 0.339 e. The fourth-order valence-electron chi connectivity index (χ4n) is 1.41. The van der Waals surface area contributed by atoms with Gasteiger partial charge in [-0.25, -0.2) is 4.98 Å². The third kappa shape index (κ3) is 1.83. The Labute approximate surface area is 93.5 Å². The summed E-state index contributed by atoms with van der Waals surface area (Å²) in [6, 6.07) is -0.399. The summed E-state index contributed by atoms with van der Waals surface area (Å²) in [6.07, 6.45) is 3.40. The normalized spacial score (nSPS) is 13.3. The number of nitrogens with zero attached hydrogens (tertiary/aromatic N) is 4. The summed E-state index contributed by atoms with van der Waals surface area (Å²) < 4.78 is 6.96. The predicted molar refractivity (Wildman–Crippen MR) is 57.6 cm³/mol. The molecule has 0 saturated carbocycles. The number of nitrogens with two attached hydrogens (primary N) is 1. The molecule has 0 amide bonds. The van der Waals surface area contributed by atoms with Crippen LogP contribution in [-0.4, -0.2) is 19.7 Å². The molecule has 16 heavy (non-hydrogen) atoms. The first-order valence-corrected chi connectivity index (χ1v) is 5.15. The van der Waals surface area contributed by atoms with Crippen molar-refractivity contribution >= 4 is 0 Å². The van der Waals surface area contributed by atoms with Crippen molar-refractivity contribution in [1.29, 1.82) is 0 Å². The third-order valence-corrected chi connectivity index (χ3v) is 2.40. The van der Waals surface area contributed by atoms with E-state index in [2.05, 4.69) is 15.1 Å². The van der Waals surface area contributed by atoms with Gasteiger partial charge < -0.3 is 14.8 Å². The Morgan fingerprint density at radius 3 is 2.69 bits per heavy atom. The molecule has 6 heteroatoms. The van der Waals surface area contributed by atoms with E-state index in [1.165, 1.54) is 0 Å². The minimum absolute atomic E-state index is 0.208. The molecule has 2 aromatic heterocycles. The van der Waals surface area contributed by atoms with Crippen molar-refractivity contribution in [2.75, 3.05) is 0 Å². The highest BCUT2D eigenvalue weighted by molar-refractivity contribution is 5.14. The first-order chi connectivity index (χ1) is 7.59. The maximum absolute atomic E-state index is 6.03. The molecule has 0 aliphatic heterocycles. The fraction of sp³-hybridized carbons (Fsp3) is 0.500. The van der Waals surface area contributed by atoms with Crippen LogP contribution in [0.25, 0.3) is 0 Å². The Kier molecular flexibility index (Phi) is 2.74. The molecule has 2 rings (SSSR count). The highest BCUT2D eigenvalue weighted by atomic mass is 16.5. The van der Waals surface area contributed by atoms with Gasteiger partial charge in [-0.05, 0) is 0 Å². The summed E-state index contributed by atoms with van der Waals surface area (Å²) in [5.41, 5.74) is 6.89. The molecule has 0 aromatic carbocycles. The summed E-state index contributed by atoms with van der Waals surface area (Å²) in [5.74, 6) is 1.31. The summed E-state index contributed by atoms with van der Waals surface area (Å²) >= 11 is 0. The molecular weight excluding hydrogens is 206 g/mol. The lowest BCUT2D eigenvalue weighted by atomic mass is 10.2. The van der Waals surface area contributed by atoms with Crippen LogP contribution in [0.3, 0.4) is 0 Å². The molecule has 2 N–H and O–H groups in total. The van der Waals surface area contributed by atoms with E-state index in [1.807, 2.05) is 25.5 Å². The molecule has 1 atom stereocenters. The lowest BCUT2D eigenvalue weighted by molar-refractivity contribution is 0.359. The van der Waals surface area contributed by atoms with Crippen LogP contribution < -0.4 is 5.73 Å². The smallest absolute Gasteiger partial charge is 0.229 e. The zero-order chi connectivity index (χ0) is 11.7.